The summed E-state index contributed by atoms with van der Waals surface area (Å²) in [6.45, 7) is -0.837. The maximum atomic E-state index is 12.4. The number of esters is 1. The number of rotatable bonds is 5. The normalized spacial score (nSPS) is 21.6. The number of likely N-dealkylation sites (tertiary alicyclic amines) is 1. The fraction of sp³-hybridized carbons (Fsp3) is 0.364. The highest BCUT2D eigenvalue weighted by molar-refractivity contribution is 6.07. The van der Waals surface area contributed by atoms with Gasteiger partial charge in [-0.25, -0.2) is 0 Å². The molecule has 1 heterocycles. The van der Waals surface area contributed by atoms with Crippen molar-refractivity contribution in [3.63, 3.8) is 0 Å². The fourth-order valence-corrected chi connectivity index (χ4v) is 4.15. The first-order valence-electron chi connectivity index (χ1n) is 9.57. The largest absolute Gasteiger partial charge is 0.456 e. The molecule has 0 spiro atoms. The van der Waals surface area contributed by atoms with Gasteiger partial charge in [0.25, 0.3) is 0 Å². The highest BCUT2D eigenvalue weighted by Crippen LogP contribution is 2.37. The molecule has 0 N–H and O–H groups in total. The van der Waals surface area contributed by atoms with Gasteiger partial charge in [0.2, 0.25) is 11.8 Å². The Morgan fingerprint density at radius 3 is 2.25 bits per heavy atom. The summed E-state index contributed by atoms with van der Waals surface area (Å²) in [6, 6.07) is 12.9. The second-order valence-electron chi connectivity index (χ2n) is 7.41. The number of fused-ring (bicyclic) bond motifs is 2. The molecule has 4 rings (SSSR count). The van der Waals surface area contributed by atoms with Crippen LogP contribution in [-0.2, 0) is 19.1 Å². The number of imide groups is 1. The quantitative estimate of drug-likeness (QED) is 0.453. The Bertz CT molecular complexity index is 942. The van der Waals surface area contributed by atoms with Crippen molar-refractivity contribution in [3.05, 3.63) is 48.0 Å². The van der Waals surface area contributed by atoms with Gasteiger partial charge < -0.3 is 4.74 Å². The SMILES string of the molecule is O=C(CN1C(=O)C2CCCCC2C1=O)OCC(=O)c1ccc2ccccc2c1. The minimum Gasteiger partial charge on any atom is -0.456 e. The summed E-state index contributed by atoms with van der Waals surface area (Å²) in [5.41, 5.74) is 0.450. The molecule has 0 radical (unpaired) electrons. The van der Waals surface area contributed by atoms with Crippen LogP contribution in [0.25, 0.3) is 10.8 Å². The van der Waals surface area contributed by atoms with Gasteiger partial charge in [-0.2, -0.15) is 0 Å². The van der Waals surface area contributed by atoms with Crippen molar-refractivity contribution in [2.24, 2.45) is 11.8 Å². The molecule has 6 nitrogen and oxygen atoms in total. The molecule has 1 saturated heterocycles. The summed E-state index contributed by atoms with van der Waals surface area (Å²) >= 11 is 0. The highest BCUT2D eigenvalue weighted by Gasteiger charge is 2.48. The number of hydrogen-bond donors (Lipinski definition) is 0. The van der Waals surface area contributed by atoms with Crippen LogP contribution in [0.3, 0.4) is 0 Å². The second-order valence-corrected chi connectivity index (χ2v) is 7.41. The van der Waals surface area contributed by atoms with Gasteiger partial charge >= 0.3 is 5.97 Å². The minimum absolute atomic E-state index is 0.285. The third-order valence-corrected chi connectivity index (χ3v) is 5.66. The van der Waals surface area contributed by atoms with Crippen molar-refractivity contribution < 1.29 is 23.9 Å². The van der Waals surface area contributed by atoms with Gasteiger partial charge in [0, 0.05) is 5.56 Å². The smallest absolute Gasteiger partial charge is 0.326 e. The predicted molar refractivity (Wildman–Crippen MR) is 101 cm³/mol. The molecule has 2 aromatic rings. The Balaban J connectivity index is 1.35. The zero-order valence-electron chi connectivity index (χ0n) is 15.4. The molecule has 6 heteroatoms. The monoisotopic (exact) mass is 379 g/mol. The molecular formula is C22H21NO5. The van der Waals surface area contributed by atoms with Gasteiger partial charge in [-0.1, -0.05) is 49.2 Å². The maximum Gasteiger partial charge on any atom is 0.326 e. The lowest BCUT2D eigenvalue weighted by molar-refractivity contribution is -0.152. The molecule has 0 aromatic heterocycles. The van der Waals surface area contributed by atoms with Gasteiger partial charge in [0.15, 0.2) is 12.4 Å². The van der Waals surface area contributed by atoms with E-state index in [0.29, 0.717) is 18.4 Å². The molecule has 2 fully saturated rings. The summed E-state index contributed by atoms with van der Waals surface area (Å²) in [5.74, 6) is -2.23. The molecule has 1 aliphatic carbocycles. The summed E-state index contributed by atoms with van der Waals surface area (Å²) in [4.78, 5) is 50.3. The molecule has 2 unspecified atom stereocenters. The van der Waals surface area contributed by atoms with E-state index in [1.54, 1.807) is 12.1 Å². The Morgan fingerprint density at radius 1 is 0.929 bits per heavy atom. The van der Waals surface area contributed by atoms with Gasteiger partial charge in [0.1, 0.15) is 6.54 Å². The van der Waals surface area contributed by atoms with Crippen LogP contribution < -0.4 is 0 Å². The van der Waals surface area contributed by atoms with Crippen molar-refractivity contribution in [1.82, 2.24) is 4.90 Å². The van der Waals surface area contributed by atoms with E-state index in [1.165, 1.54) is 0 Å². The van der Waals surface area contributed by atoms with Gasteiger partial charge in [0.05, 0.1) is 11.8 Å². The van der Waals surface area contributed by atoms with Crippen LogP contribution in [0.1, 0.15) is 36.0 Å². The zero-order valence-corrected chi connectivity index (χ0v) is 15.4. The summed E-state index contributed by atoms with van der Waals surface area (Å²) in [5, 5.41) is 1.94. The fourth-order valence-electron chi connectivity index (χ4n) is 4.15. The van der Waals surface area contributed by atoms with Crippen molar-refractivity contribution in [3.8, 4) is 0 Å². The van der Waals surface area contributed by atoms with E-state index in [1.807, 2.05) is 30.3 Å². The Hall–Kier alpha value is -3.02. The predicted octanol–water partition coefficient (Wildman–Crippen LogP) is 2.74. The van der Waals surface area contributed by atoms with Crippen LogP contribution >= 0.6 is 0 Å². The van der Waals surface area contributed by atoms with E-state index in [4.69, 9.17) is 4.74 Å². The zero-order chi connectivity index (χ0) is 19.7. The maximum absolute atomic E-state index is 12.4. The van der Waals surface area contributed by atoms with Crippen LogP contribution in [-0.4, -0.2) is 41.6 Å². The molecule has 1 aliphatic heterocycles. The number of ketones is 1. The van der Waals surface area contributed by atoms with Crippen LogP contribution in [0.5, 0.6) is 0 Å². The Morgan fingerprint density at radius 2 is 1.57 bits per heavy atom. The van der Waals surface area contributed by atoms with Crippen molar-refractivity contribution in [1.29, 1.82) is 0 Å². The lowest BCUT2D eigenvalue weighted by Gasteiger charge is -2.19. The van der Waals surface area contributed by atoms with Crippen molar-refractivity contribution >= 4 is 34.3 Å². The highest BCUT2D eigenvalue weighted by atomic mass is 16.5. The van der Waals surface area contributed by atoms with Crippen LogP contribution in [0.4, 0.5) is 0 Å². The summed E-state index contributed by atoms with van der Waals surface area (Å²) < 4.78 is 5.05. The first-order valence-corrected chi connectivity index (χ1v) is 9.57. The summed E-state index contributed by atoms with van der Waals surface area (Å²) in [6.07, 6.45) is 3.25. The topological polar surface area (TPSA) is 80.8 Å². The van der Waals surface area contributed by atoms with Crippen LogP contribution in [0.2, 0.25) is 0 Å². The number of carbonyl (C=O) groups excluding carboxylic acids is 4. The molecule has 28 heavy (non-hydrogen) atoms. The molecule has 144 valence electrons. The second kappa shape index (κ2) is 7.54. The first kappa shape index (κ1) is 18.3. The molecule has 2 atom stereocenters. The van der Waals surface area contributed by atoms with E-state index in [2.05, 4.69) is 0 Å². The number of nitrogens with zero attached hydrogens (tertiary/aromatic N) is 1. The molecule has 2 amide bonds. The number of amides is 2. The molecular weight excluding hydrogens is 358 g/mol. The molecule has 2 aromatic carbocycles. The third-order valence-electron chi connectivity index (χ3n) is 5.66. The lowest BCUT2D eigenvalue weighted by atomic mass is 9.81. The molecule has 1 saturated carbocycles. The number of hydrogen-bond acceptors (Lipinski definition) is 5. The average molecular weight is 379 g/mol. The number of ether oxygens (including phenoxy) is 1. The summed E-state index contributed by atoms with van der Waals surface area (Å²) in [7, 11) is 0. The number of carbonyl (C=O) groups is 4. The van der Waals surface area contributed by atoms with E-state index in [-0.39, 0.29) is 29.4 Å². The van der Waals surface area contributed by atoms with Gasteiger partial charge in [-0.05, 0) is 29.7 Å². The Kier molecular flexibility index (Phi) is 4.94. The Labute approximate surface area is 162 Å². The molecule has 0 bridgehead atoms. The third kappa shape index (κ3) is 3.42. The van der Waals surface area contributed by atoms with Gasteiger partial charge in [-0.3, -0.25) is 24.1 Å². The van der Waals surface area contributed by atoms with E-state index < -0.39 is 19.1 Å². The first-order chi connectivity index (χ1) is 13.5. The average Bonchev–Trinajstić information content (AvgIpc) is 2.97. The molecule has 2 aliphatic rings. The van der Waals surface area contributed by atoms with Crippen LogP contribution in [0.15, 0.2) is 42.5 Å². The van der Waals surface area contributed by atoms with E-state index in [0.717, 1.165) is 28.5 Å². The standard InChI is InChI=1S/C22H21NO5/c24-19(16-10-9-14-5-1-2-6-15(14)11-16)13-28-20(25)12-23-21(26)17-7-3-4-8-18(17)22(23)27/h1-2,5-6,9-11,17-18H,3-4,7-8,12-13H2. The van der Waals surface area contributed by atoms with Crippen molar-refractivity contribution in [2.45, 2.75) is 25.7 Å². The number of Topliss-reactive ketones (excluding diaryl/α,β-unsaturated/α-hetero) is 1. The van der Waals surface area contributed by atoms with Crippen LogP contribution in [0, 0.1) is 11.8 Å². The van der Waals surface area contributed by atoms with Gasteiger partial charge in [-0.15, -0.1) is 0 Å². The van der Waals surface area contributed by atoms with E-state index in [9.17, 15) is 19.2 Å². The minimum atomic E-state index is -0.741. The van der Waals surface area contributed by atoms with Crippen molar-refractivity contribution in [2.75, 3.05) is 13.2 Å². The van der Waals surface area contributed by atoms with E-state index >= 15 is 0 Å². The number of benzene rings is 2. The lowest BCUT2D eigenvalue weighted by Crippen LogP contribution is -2.37.